The summed E-state index contributed by atoms with van der Waals surface area (Å²) in [6.07, 6.45) is 1.47. The van der Waals surface area contributed by atoms with Gasteiger partial charge < -0.3 is 19.3 Å². The van der Waals surface area contributed by atoms with Crippen LogP contribution in [-0.2, 0) is 25.7 Å². The molecule has 6 nitrogen and oxygen atoms in total. The molecule has 1 aromatic carbocycles. The summed E-state index contributed by atoms with van der Waals surface area (Å²) in [5.41, 5.74) is 1.06. The van der Waals surface area contributed by atoms with Crippen LogP contribution in [0.1, 0.15) is 18.4 Å². The first-order valence-electron chi connectivity index (χ1n) is 9.00. The molecule has 2 heterocycles. The summed E-state index contributed by atoms with van der Waals surface area (Å²) >= 11 is 0. The Morgan fingerprint density at radius 3 is 2.36 bits per heavy atom. The largest absolute Gasteiger partial charge is 0.378 e. The molecule has 0 unspecified atom stereocenters. The number of morpholine rings is 1. The van der Waals surface area contributed by atoms with E-state index in [1.807, 2.05) is 40.1 Å². The van der Waals surface area contributed by atoms with Crippen LogP contribution < -0.4 is 0 Å². The van der Waals surface area contributed by atoms with E-state index in [4.69, 9.17) is 9.47 Å². The van der Waals surface area contributed by atoms with Crippen molar-refractivity contribution in [3.8, 4) is 0 Å². The molecular weight excluding hydrogens is 320 g/mol. The number of hydrogen-bond acceptors (Lipinski definition) is 4. The zero-order valence-corrected chi connectivity index (χ0v) is 14.6. The number of carbonyl (C=O) groups excluding carboxylic acids is 2. The Morgan fingerprint density at radius 1 is 1.00 bits per heavy atom. The third kappa shape index (κ3) is 5.03. The minimum atomic E-state index is 0.00760. The van der Waals surface area contributed by atoms with Gasteiger partial charge in [0.15, 0.2) is 0 Å². The van der Waals surface area contributed by atoms with Crippen LogP contribution in [0.15, 0.2) is 30.3 Å². The highest BCUT2D eigenvalue weighted by atomic mass is 16.5. The van der Waals surface area contributed by atoms with Gasteiger partial charge in [-0.3, -0.25) is 9.59 Å². The van der Waals surface area contributed by atoms with E-state index in [1.165, 1.54) is 0 Å². The van der Waals surface area contributed by atoms with Crippen LogP contribution in [0.5, 0.6) is 0 Å². The molecule has 136 valence electrons. The van der Waals surface area contributed by atoms with Crippen molar-refractivity contribution in [3.63, 3.8) is 0 Å². The molecule has 2 aliphatic rings. The van der Waals surface area contributed by atoms with Crippen molar-refractivity contribution in [1.29, 1.82) is 0 Å². The summed E-state index contributed by atoms with van der Waals surface area (Å²) in [5.74, 6) is 0.260. The maximum atomic E-state index is 12.5. The smallest absolute Gasteiger partial charge is 0.248 e. The molecule has 2 fully saturated rings. The van der Waals surface area contributed by atoms with Crippen molar-refractivity contribution >= 4 is 11.8 Å². The summed E-state index contributed by atoms with van der Waals surface area (Å²) in [5, 5.41) is 0. The van der Waals surface area contributed by atoms with E-state index in [2.05, 4.69) is 0 Å². The third-order valence-corrected chi connectivity index (χ3v) is 4.86. The van der Waals surface area contributed by atoms with Crippen molar-refractivity contribution in [2.24, 2.45) is 5.92 Å². The number of carbonyl (C=O) groups is 2. The Kier molecular flexibility index (Phi) is 6.42. The van der Waals surface area contributed by atoms with Crippen LogP contribution in [-0.4, -0.2) is 67.6 Å². The summed E-state index contributed by atoms with van der Waals surface area (Å²) in [6, 6.07) is 9.82. The molecule has 2 aliphatic heterocycles. The zero-order chi connectivity index (χ0) is 17.5. The second-order valence-electron chi connectivity index (χ2n) is 6.57. The molecule has 0 aromatic heterocycles. The summed E-state index contributed by atoms with van der Waals surface area (Å²) < 4.78 is 10.8. The number of hydrogen-bond donors (Lipinski definition) is 0. The molecule has 2 saturated heterocycles. The lowest BCUT2D eigenvalue weighted by atomic mass is 9.95. The van der Waals surface area contributed by atoms with E-state index in [0.717, 1.165) is 18.4 Å². The monoisotopic (exact) mass is 346 g/mol. The van der Waals surface area contributed by atoms with Gasteiger partial charge in [0.1, 0.15) is 6.61 Å². The molecule has 6 heteroatoms. The second-order valence-corrected chi connectivity index (χ2v) is 6.57. The average Bonchev–Trinajstić information content (AvgIpc) is 2.69. The van der Waals surface area contributed by atoms with Crippen molar-refractivity contribution in [3.05, 3.63) is 35.9 Å². The normalized spacial score (nSPS) is 19.0. The number of benzene rings is 1. The van der Waals surface area contributed by atoms with Gasteiger partial charge in [0.25, 0.3) is 0 Å². The van der Waals surface area contributed by atoms with Gasteiger partial charge in [0, 0.05) is 32.1 Å². The van der Waals surface area contributed by atoms with Crippen LogP contribution in [0.25, 0.3) is 0 Å². The van der Waals surface area contributed by atoms with Crippen LogP contribution in [0.3, 0.4) is 0 Å². The quantitative estimate of drug-likeness (QED) is 0.806. The van der Waals surface area contributed by atoms with Crippen LogP contribution in [0, 0.1) is 5.92 Å². The Balaban J connectivity index is 1.37. The predicted octanol–water partition coefficient (Wildman–Crippen LogP) is 1.30. The minimum absolute atomic E-state index is 0.00760. The molecule has 0 spiro atoms. The fourth-order valence-corrected chi connectivity index (χ4v) is 3.34. The van der Waals surface area contributed by atoms with E-state index < -0.39 is 0 Å². The van der Waals surface area contributed by atoms with Gasteiger partial charge in [-0.2, -0.15) is 0 Å². The lowest BCUT2D eigenvalue weighted by Crippen LogP contribution is -2.48. The molecule has 3 rings (SSSR count). The van der Waals surface area contributed by atoms with Gasteiger partial charge in [-0.15, -0.1) is 0 Å². The van der Waals surface area contributed by atoms with Gasteiger partial charge >= 0.3 is 0 Å². The number of amides is 2. The Morgan fingerprint density at radius 2 is 1.68 bits per heavy atom. The molecule has 0 atom stereocenters. The number of likely N-dealkylation sites (tertiary alicyclic amines) is 1. The van der Waals surface area contributed by atoms with Gasteiger partial charge in [0.05, 0.1) is 19.8 Å². The first-order valence-corrected chi connectivity index (χ1v) is 9.00. The Hall–Kier alpha value is -1.92. The van der Waals surface area contributed by atoms with Gasteiger partial charge in [0.2, 0.25) is 11.8 Å². The molecule has 2 amide bonds. The lowest BCUT2D eigenvalue weighted by Gasteiger charge is -2.35. The molecule has 0 bridgehead atoms. The van der Waals surface area contributed by atoms with E-state index >= 15 is 0 Å². The van der Waals surface area contributed by atoms with E-state index in [1.54, 1.807) is 0 Å². The SMILES string of the molecule is O=C(COCc1ccccc1)N1CCC(C(=O)N2CCOCC2)CC1. The molecule has 0 N–H and O–H groups in total. The molecule has 25 heavy (non-hydrogen) atoms. The minimum Gasteiger partial charge on any atom is -0.378 e. The number of ether oxygens (including phenoxy) is 2. The number of piperidine rings is 1. The number of nitrogens with zero attached hydrogens (tertiary/aromatic N) is 2. The zero-order valence-electron chi connectivity index (χ0n) is 14.6. The van der Waals surface area contributed by atoms with Gasteiger partial charge in [-0.05, 0) is 18.4 Å². The standard InChI is InChI=1S/C19H26N2O4/c22-18(15-25-14-16-4-2-1-3-5-16)20-8-6-17(7-9-20)19(23)21-10-12-24-13-11-21/h1-5,17H,6-15H2. The van der Waals surface area contributed by atoms with Gasteiger partial charge in [-0.25, -0.2) is 0 Å². The molecule has 0 saturated carbocycles. The first-order chi connectivity index (χ1) is 12.2. The van der Waals surface area contributed by atoms with E-state index in [-0.39, 0.29) is 24.3 Å². The second kappa shape index (κ2) is 8.97. The van der Waals surface area contributed by atoms with Crippen LogP contribution >= 0.6 is 0 Å². The van der Waals surface area contributed by atoms with Crippen molar-refractivity contribution in [2.75, 3.05) is 46.0 Å². The maximum absolute atomic E-state index is 12.5. The lowest BCUT2D eigenvalue weighted by molar-refractivity contribution is -0.145. The Bertz CT molecular complexity index is 564. The summed E-state index contributed by atoms with van der Waals surface area (Å²) in [4.78, 5) is 28.5. The average molecular weight is 346 g/mol. The summed E-state index contributed by atoms with van der Waals surface area (Å²) in [6.45, 7) is 4.43. The predicted molar refractivity (Wildman–Crippen MR) is 92.8 cm³/mol. The van der Waals surface area contributed by atoms with Crippen molar-refractivity contribution in [2.45, 2.75) is 19.4 Å². The highest BCUT2D eigenvalue weighted by molar-refractivity contribution is 5.80. The summed E-state index contributed by atoms with van der Waals surface area (Å²) in [7, 11) is 0. The topological polar surface area (TPSA) is 59.1 Å². The van der Waals surface area contributed by atoms with Crippen molar-refractivity contribution < 1.29 is 19.1 Å². The highest BCUT2D eigenvalue weighted by Crippen LogP contribution is 2.20. The fraction of sp³-hybridized carbons (Fsp3) is 0.579. The van der Waals surface area contributed by atoms with Crippen LogP contribution in [0.2, 0.25) is 0 Å². The third-order valence-electron chi connectivity index (χ3n) is 4.86. The fourth-order valence-electron chi connectivity index (χ4n) is 3.34. The molecule has 0 aliphatic carbocycles. The maximum Gasteiger partial charge on any atom is 0.248 e. The molecule has 1 aromatic rings. The van der Waals surface area contributed by atoms with Crippen molar-refractivity contribution in [1.82, 2.24) is 9.80 Å². The van der Waals surface area contributed by atoms with Gasteiger partial charge in [-0.1, -0.05) is 30.3 Å². The highest BCUT2D eigenvalue weighted by Gasteiger charge is 2.30. The Labute approximate surface area is 148 Å². The van der Waals surface area contributed by atoms with E-state index in [9.17, 15) is 9.59 Å². The van der Waals surface area contributed by atoms with Crippen LogP contribution in [0.4, 0.5) is 0 Å². The number of rotatable bonds is 5. The molecule has 0 radical (unpaired) electrons. The van der Waals surface area contributed by atoms with E-state index in [0.29, 0.717) is 46.0 Å². The molecular formula is C19H26N2O4. The first kappa shape index (κ1) is 17.9.